The van der Waals surface area contributed by atoms with Gasteiger partial charge in [-0.15, -0.1) is 11.3 Å². The van der Waals surface area contributed by atoms with E-state index in [1.807, 2.05) is 11.4 Å². The predicted octanol–water partition coefficient (Wildman–Crippen LogP) is 4.02. The summed E-state index contributed by atoms with van der Waals surface area (Å²) in [5.41, 5.74) is 4.12. The number of nitrogens with zero attached hydrogens (tertiary/aromatic N) is 2. The Balaban J connectivity index is 2.29. The molecule has 0 bridgehead atoms. The molecule has 3 aromatic rings. The van der Waals surface area contributed by atoms with Crippen molar-refractivity contribution in [3.05, 3.63) is 50.9 Å². The first-order valence-electron chi connectivity index (χ1n) is 7.15. The molecule has 0 unspecified atom stereocenters. The molecule has 5 heteroatoms. The van der Waals surface area contributed by atoms with Crippen LogP contribution in [-0.4, -0.2) is 16.2 Å². The topological polar surface area (TPSA) is 34.9 Å². The van der Waals surface area contributed by atoms with Gasteiger partial charge in [-0.05, 0) is 37.5 Å². The van der Waals surface area contributed by atoms with E-state index in [4.69, 9.17) is 0 Å². The van der Waals surface area contributed by atoms with Gasteiger partial charge in [0.15, 0.2) is 0 Å². The Hall–Kier alpha value is -2.01. The summed E-state index contributed by atoms with van der Waals surface area (Å²) < 4.78 is 14.1. The molecule has 0 radical (unpaired) electrons. The van der Waals surface area contributed by atoms with Crippen LogP contribution >= 0.6 is 11.3 Å². The van der Waals surface area contributed by atoms with Gasteiger partial charge in [-0.1, -0.05) is 18.2 Å². The molecule has 0 aliphatic carbocycles. The molecule has 2 heterocycles. The smallest absolute Gasteiger partial charge is 0.262 e. The van der Waals surface area contributed by atoms with Gasteiger partial charge in [0.1, 0.15) is 17.3 Å². The van der Waals surface area contributed by atoms with Gasteiger partial charge in [-0.25, -0.2) is 9.37 Å². The lowest BCUT2D eigenvalue weighted by Crippen LogP contribution is -2.24. The van der Waals surface area contributed by atoms with Crippen molar-refractivity contribution in [2.24, 2.45) is 0 Å². The van der Waals surface area contributed by atoms with Crippen LogP contribution in [0.15, 0.2) is 28.4 Å². The molecule has 0 saturated carbocycles. The van der Waals surface area contributed by atoms with Crippen LogP contribution in [0, 0.1) is 20.8 Å². The van der Waals surface area contributed by atoms with Crippen LogP contribution in [0.2, 0.25) is 0 Å². The lowest BCUT2D eigenvalue weighted by Gasteiger charge is -2.08. The quantitative estimate of drug-likeness (QED) is 0.731. The number of rotatable bonds is 3. The van der Waals surface area contributed by atoms with Crippen molar-refractivity contribution in [1.82, 2.24) is 9.55 Å². The predicted molar refractivity (Wildman–Crippen MR) is 89.5 cm³/mol. The standard InChI is InChI=1S/C17H17FN2OS/c1-10-4-5-13(8-11(10)2)14-9-22-16-15(14)17(21)20(7-6-18)12(3)19-16/h4-5,8-9H,6-7H2,1-3H3. The highest BCUT2D eigenvalue weighted by atomic mass is 32.1. The molecule has 0 amide bonds. The average Bonchev–Trinajstić information content (AvgIpc) is 2.90. The van der Waals surface area contributed by atoms with Gasteiger partial charge >= 0.3 is 0 Å². The fourth-order valence-electron chi connectivity index (χ4n) is 2.60. The Bertz CT molecular complexity index is 911. The molecule has 114 valence electrons. The fraction of sp³-hybridized carbons (Fsp3) is 0.294. The number of hydrogen-bond donors (Lipinski definition) is 0. The van der Waals surface area contributed by atoms with Crippen molar-refractivity contribution in [2.75, 3.05) is 6.67 Å². The fourth-order valence-corrected chi connectivity index (χ4v) is 3.58. The zero-order chi connectivity index (χ0) is 15.9. The van der Waals surface area contributed by atoms with E-state index < -0.39 is 6.67 Å². The first kappa shape index (κ1) is 14.9. The summed E-state index contributed by atoms with van der Waals surface area (Å²) >= 11 is 1.46. The highest BCUT2D eigenvalue weighted by molar-refractivity contribution is 7.17. The number of halogens is 1. The van der Waals surface area contributed by atoms with E-state index in [2.05, 4.69) is 31.0 Å². The molecule has 0 N–H and O–H groups in total. The first-order chi connectivity index (χ1) is 10.5. The maximum absolute atomic E-state index is 12.7. The van der Waals surface area contributed by atoms with Gasteiger partial charge in [0.05, 0.1) is 11.9 Å². The van der Waals surface area contributed by atoms with Gasteiger partial charge in [0.25, 0.3) is 5.56 Å². The Labute approximate surface area is 132 Å². The lowest BCUT2D eigenvalue weighted by molar-refractivity contribution is 0.435. The maximum Gasteiger partial charge on any atom is 0.262 e. The third kappa shape index (κ3) is 2.35. The number of aromatic nitrogens is 2. The van der Waals surface area contributed by atoms with Gasteiger partial charge in [-0.3, -0.25) is 9.36 Å². The molecule has 0 saturated heterocycles. The van der Waals surface area contributed by atoms with Crippen molar-refractivity contribution in [3.63, 3.8) is 0 Å². The van der Waals surface area contributed by atoms with E-state index in [9.17, 15) is 9.18 Å². The number of fused-ring (bicyclic) bond motifs is 1. The zero-order valence-corrected chi connectivity index (χ0v) is 13.6. The summed E-state index contributed by atoms with van der Waals surface area (Å²) in [5.74, 6) is 0.559. The molecule has 0 fully saturated rings. The highest BCUT2D eigenvalue weighted by Gasteiger charge is 2.15. The number of thiophene rings is 1. The molecule has 0 aliphatic rings. The molecular formula is C17H17FN2OS. The summed E-state index contributed by atoms with van der Waals surface area (Å²) in [6.45, 7) is 5.33. The van der Waals surface area contributed by atoms with E-state index in [1.54, 1.807) is 6.92 Å². The van der Waals surface area contributed by atoms with Crippen LogP contribution in [-0.2, 0) is 6.54 Å². The molecule has 0 spiro atoms. The van der Waals surface area contributed by atoms with Crippen LogP contribution in [0.5, 0.6) is 0 Å². The van der Waals surface area contributed by atoms with Crippen molar-refractivity contribution in [3.8, 4) is 11.1 Å². The van der Waals surface area contributed by atoms with Crippen LogP contribution in [0.25, 0.3) is 21.3 Å². The van der Waals surface area contributed by atoms with E-state index in [1.165, 1.54) is 27.0 Å². The molecule has 3 nitrogen and oxygen atoms in total. The average molecular weight is 316 g/mol. The van der Waals surface area contributed by atoms with Crippen LogP contribution in [0.1, 0.15) is 17.0 Å². The third-order valence-electron chi connectivity index (χ3n) is 4.01. The number of alkyl halides is 1. The second-order valence-electron chi connectivity index (χ2n) is 5.43. The largest absolute Gasteiger partial charge is 0.294 e. The van der Waals surface area contributed by atoms with Gasteiger partial charge in [-0.2, -0.15) is 0 Å². The zero-order valence-electron chi connectivity index (χ0n) is 12.8. The molecule has 0 atom stereocenters. The lowest BCUT2D eigenvalue weighted by atomic mass is 10.0. The monoisotopic (exact) mass is 316 g/mol. The van der Waals surface area contributed by atoms with Crippen molar-refractivity contribution >= 4 is 21.6 Å². The normalized spacial score (nSPS) is 11.3. The molecular weight excluding hydrogens is 299 g/mol. The third-order valence-corrected chi connectivity index (χ3v) is 4.88. The number of benzene rings is 1. The van der Waals surface area contributed by atoms with Crippen molar-refractivity contribution in [1.29, 1.82) is 0 Å². The minimum atomic E-state index is -0.572. The van der Waals surface area contributed by atoms with E-state index in [0.29, 0.717) is 16.0 Å². The Kier molecular flexibility index (Phi) is 3.83. The van der Waals surface area contributed by atoms with Crippen molar-refractivity contribution in [2.45, 2.75) is 27.3 Å². The minimum absolute atomic E-state index is 0.0514. The molecule has 2 aromatic heterocycles. The molecule has 0 aliphatic heterocycles. The second kappa shape index (κ2) is 5.65. The van der Waals surface area contributed by atoms with Crippen molar-refractivity contribution < 1.29 is 4.39 Å². The summed E-state index contributed by atoms with van der Waals surface area (Å²) in [4.78, 5) is 17.9. The Morgan fingerprint density at radius 3 is 2.68 bits per heavy atom. The molecule has 1 aromatic carbocycles. The SMILES string of the molecule is Cc1ccc(-c2csc3nc(C)n(CCF)c(=O)c23)cc1C. The first-order valence-corrected chi connectivity index (χ1v) is 8.03. The van der Waals surface area contributed by atoms with Crippen LogP contribution in [0.3, 0.4) is 0 Å². The summed E-state index contributed by atoms with van der Waals surface area (Å²) in [5, 5.41) is 2.55. The van der Waals surface area contributed by atoms with Crippen LogP contribution < -0.4 is 5.56 Å². The Morgan fingerprint density at radius 2 is 2.00 bits per heavy atom. The van der Waals surface area contributed by atoms with E-state index in [-0.39, 0.29) is 12.1 Å². The van der Waals surface area contributed by atoms with Crippen LogP contribution in [0.4, 0.5) is 4.39 Å². The summed E-state index contributed by atoms with van der Waals surface area (Å²) in [7, 11) is 0. The summed E-state index contributed by atoms with van der Waals surface area (Å²) in [6.07, 6.45) is 0. The van der Waals surface area contributed by atoms with E-state index in [0.717, 1.165) is 11.1 Å². The molecule has 22 heavy (non-hydrogen) atoms. The van der Waals surface area contributed by atoms with Gasteiger partial charge in [0, 0.05) is 10.9 Å². The summed E-state index contributed by atoms with van der Waals surface area (Å²) in [6, 6.07) is 6.15. The second-order valence-corrected chi connectivity index (χ2v) is 6.29. The van der Waals surface area contributed by atoms with Gasteiger partial charge < -0.3 is 0 Å². The number of aryl methyl sites for hydroxylation is 3. The molecule has 3 rings (SSSR count). The van der Waals surface area contributed by atoms with E-state index >= 15 is 0 Å². The number of hydrogen-bond acceptors (Lipinski definition) is 3. The van der Waals surface area contributed by atoms with Gasteiger partial charge in [0.2, 0.25) is 0 Å². The minimum Gasteiger partial charge on any atom is -0.294 e. The Morgan fingerprint density at radius 1 is 1.23 bits per heavy atom. The maximum atomic E-state index is 12.7. The highest BCUT2D eigenvalue weighted by Crippen LogP contribution is 2.32.